The minimum atomic E-state index is -4.47. The first-order chi connectivity index (χ1) is 7.95. The molecular formula is C9H7BrF3N3O. The number of rotatable bonds is 3. The number of hydrogen-bond acceptors (Lipinski definition) is 4. The Hall–Kier alpha value is -1.57. The number of nitrogens with one attached hydrogen (secondary N) is 1. The van der Waals surface area contributed by atoms with Gasteiger partial charge in [0.25, 0.3) is 0 Å². The zero-order valence-electron chi connectivity index (χ0n) is 8.24. The lowest BCUT2D eigenvalue weighted by Crippen LogP contribution is -2.08. The van der Waals surface area contributed by atoms with Gasteiger partial charge in [-0.05, 0) is 18.2 Å². The normalized spacial score (nSPS) is 12.5. The van der Waals surface area contributed by atoms with E-state index in [0.29, 0.717) is 4.47 Å². The highest BCUT2D eigenvalue weighted by Gasteiger charge is 2.33. The topological polar surface area (TPSA) is 57.0 Å². The molecule has 8 heteroatoms. The van der Waals surface area contributed by atoms with Crippen LogP contribution in [0.15, 0.2) is 32.9 Å². The lowest BCUT2D eigenvalue weighted by atomic mass is 10.2. The summed E-state index contributed by atoms with van der Waals surface area (Å²) >= 11 is 3.06. The first kappa shape index (κ1) is 13.5. The van der Waals surface area contributed by atoms with Gasteiger partial charge >= 0.3 is 6.18 Å². The Kier molecular flexibility index (Phi) is 4.50. The van der Waals surface area contributed by atoms with Crippen LogP contribution in [0.5, 0.6) is 0 Å². The van der Waals surface area contributed by atoms with Crippen molar-refractivity contribution >= 4 is 34.0 Å². The molecule has 0 bridgehead atoms. The highest BCUT2D eigenvalue weighted by Crippen LogP contribution is 2.36. The van der Waals surface area contributed by atoms with Crippen LogP contribution < -0.4 is 5.43 Å². The number of halogens is 4. The van der Waals surface area contributed by atoms with E-state index in [1.807, 2.05) is 0 Å². The molecule has 0 unspecified atom stereocenters. The molecule has 0 atom stereocenters. The molecule has 1 rings (SSSR count). The molecule has 0 aromatic heterocycles. The molecule has 4 nitrogen and oxygen atoms in total. The van der Waals surface area contributed by atoms with E-state index in [2.05, 4.69) is 31.6 Å². The van der Waals surface area contributed by atoms with Gasteiger partial charge in [-0.3, -0.25) is 5.43 Å². The maximum atomic E-state index is 12.6. The Bertz CT molecular complexity index is 446. The molecule has 0 aliphatic heterocycles. The Balaban J connectivity index is 3.00. The summed E-state index contributed by atoms with van der Waals surface area (Å²) < 4.78 is 38.2. The summed E-state index contributed by atoms with van der Waals surface area (Å²) in [4.78, 5) is 0. The molecule has 0 aliphatic rings. The molecule has 0 spiro atoms. The summed E-state index contributed by atoms with van der Waals surface area (Å²) in [5, 5.41) is 14.1. The molecule has 17 heavy (non-hydrogen) atoms. The van der Waals surface area contributed by atoms with Crippen LogP contribution in [0.2, 0.25) is 0 Å². The Labute approximate surface area is 103 Å². The molecule has 1 aromatic rings. The van der Waals surface area contributed by atoms with Crippen molar-refractivity contribution in [2.45, 2.75) is 6.18 Å². The van der Waals surface area contributed by atoms with E-state index in [0.717, 1.165) is 18.5 Å². The fraction of sp³-hybridized carbons (Fsp3) is 0.111. The van der Waals surface area contributed by atoms with Gasteiger partial charge in [-0.1, -0.05) is 21.1 Å². The Morgan fingerprint density at radius 3 is 2.59 bits per heavy atom. The first-order valence-electron chi connectivity index (χ1n) is 4.27. The van der Waals surface area contributed by atoms with Gasteiger partial charge in [-0.15, -0.1) is 0 Å². The quantitative estimate of drug-likeness (QED) is 0.511. The van der Waals surface area contributed by atoms with Gasteiger partial charge in [0.05, 0.1) is 23.7 Å². The minimum absolute atomic E-state index is 0.200. The highest BCUT2D eigenvalue weighted by molar-refractivity contribution is 9.10. The van der Waals surface area contributed by atoms with Crippen molar-refractivity contribution in [3.8, 4) is 0 Å². The third-order valence-electron chi connectivity index (χ3n) is 1.68. The summed E-state index contributed by atoms with van der Waals surface area (Å²) in [6.45, 7) is 0. The van der Waals surface area contributed by atoms with E-state index in [4.69, 9.17) is 5.21 Å². The maximum Gasteiger partial charge on any atom is 0.418 e. The van der Waals surface area contributed by atoms with Crippen molar-refractivity contribution in [1.29, 1.82) is 0 Å². The third kappa shape index (κ3) is 4.06. The first-order valence-corrected chi connectivity index (χ1v) is 5.06. The van der Waals surface area contributed by atoms with Crippen molar-refractivity contribution < 1.29 is 18.4 Å². The molecule has 0 amide bonds. The predicted octanol–water partition coefficient (Wildman–Crippen LogP) is 3.33. The van der Waals surface area contributed by atoms with Gasteiger partial charge < -0.3 is 5.21 Å². The van der Waals surface area contributed by atoms with Crippen molar-refractivity contribution in [2.24, 2.45) is 10.3 Å². The molecule has 92 valence electrons. The van der Waals surface area contributed by atoms with E-state index in [-0.39, 0.29) is 5.69 Å². The molecule has 0 fully saturated rings. The van der Waals surface area contributed by atoms with Gasteiger partial charge in [0.2, 0.25) is 0 Å². The van der Waals surface area contributed by atoms with Crippen LogP contribution in [0, 0.1) is 0 Å². The fourth-order valence-electron chi connectivity index (χ4n) is 1.03. The Morgan fingerprint density at radius 2 is 2.00 bits per heavy atom. The Morgan fingerprint density at radius 1 is 1.29 bits per heavy atom. The number of hydrazone groups is 1. The number of benzene rings is 1. The highest BCUT2D eigenvalue weighted by atomic mass is 79.9. The van der Waals surface area contributed by atoms with Gasteiger partial charge in [0.15, 0.2) is 0 Å². The van der Waals surface area contributed by atoms with Gasteiger partial charge in [0.1, 0.15) is 0 Å². The van der Waals surface area contributed by atoms with Crippen LogP contribution in [-0.4, -0.2) is 17.6 Å². The van der Waals surface area contributed by atoms with Crippen molar-refractivity contribution in [3.63, 3.8) is 0 Å². The number of oxime groups is 1. The van der Waals surface area contributed by atoms with Crippen LogP contribution in [0.25, 0.3) is 0 Å². The summed E-state index contributed by atoms with van der Waals surface area (Å²) in [6.07, 6.45) is -2.54. The summed E-state index contributed by atoms with van der Waals surface area (Å²) in [6, 6.07) is 3.46. The lowest BCUT2D eigenvalue weighted by molar-refractivity contribution is -0.137. The molecule has 0 saturated carbocycles. The molecule has 0 saturated heterocycles. The standard InChI is InChI=1S/C9H7BrF3N3O/c10-6-1-2-7(9(11,12)13)8(5-6)16-14-3-4-15-17/h1-5,16-17H. The molecule has 2 N–H and O–H groups in total. The minimum Gasteiger partial charge on any atom is -0.411 e. The van der Waals surface area contributed by atoms with E-state index in [1.54, 1.807) is 0 Å². The molecule has 0 radical (unpaired) electrons. The second-order valence-corrected chi connectivity index (χ2v) is 3.76. The van der Waals surface area contributed by atoms with E-state index in [1.165, 1.54) is 12.1 Å². The van der Waals surface area contributed by atoms with Crippen LogP contribution in [0.1, 0.15) is 5.56 Å². The number of anilines is 1. The number of hydrogen-bond donors (Lipinski definition) is 2. The fourth-order valence-corrected chi connectivity index (χ4v) is 1.39. The van der Waals surface area contributed by atoms with Crippen molar-refractivity contribution in [1.82, 2.24) is 0 Å². The second-order valence-electron chi connectivity index (χ2n) is 2.84. The molecule has 0 heterocycles. The molecule has 1 aromatic carbocycles. The number of nitrogens with zero attached hydrogens (tertiary/aromatic N) is 2. The van der Waals surface area contributed by atoms with Gasteiger partial charge in [0, 0.05) is 4.47 Å². The maximum absolute atomic E-state index is 12.6. The van der Waals surface area contributed by atoms with Crippen molar-refractivity contribution in [3.05, 3.63) is 28.2 Å². The molecular weight excluding hydrogens is 303 g/mol. The van der Waals surface area contributed by atoms with Crippen molar-refractivity contribution in [2.75, 3.05) is 5.43 Å². The number of alkyl halides is 3. The van der Waals surface area contributed by atoms with Crippen LogP contribution >= 0.6 is 15.9 Å². The zero-order chi connectivity index (χ0) is 12.9. The molecule has 0 aliphatic carbocycles. The van der Waals surface area contributed by atoms with Crippen LogP contribution in [-0.2, 0) is 6.18 Å². The second kappa shape index (κ2) is 5.67. The lowest BCUT2D eigenvalue weighted by Gasteiger charge is -2.12. The SMILES string of the molecule is ON=CC=NNc1cc(Br)ccc1C(F)(F)F. The van der Waals surface area contributed by atoms with E-state index >= 15 is 0 Å². The van der Waals surface area contributed by atoms with Crippen LogP contribution in [0.4, 0.5) is 18.9 Å². The average molecular weight is 310 g/mol. The van der Waals surface area contributed by atoms with Gasteiger partial charge in [-0.2, -0.15) is 18.3 Å². The summed E-state index contributed by atoms with van der Waals surface area (Å²) in [7, 11) is 0. The van der Waals surface area contributed by atoms with E-state index < -0.39 is 11.7 Å². The van der Waals surface area contributed by atoms with Crippen LogP contribution in [0.3, 0.4) is 0 Å². The summed E-state index contributed by atoms with van der Waals surface area (Å²) in [5.74, 6) is 0. The zero-order valence-corrected chi connectivity index (χ0v) is 9.83. The monoisotopic (exact) mass is 309 g/mol. The average Bonchev–Trinajstić information content (AvgIpc) is 2.23. The summed E-state index contributed by atoms with van der Waals surface area (Å²) in [5.41, 5.74) is 1.18. The smallest absolute Gasteiger partial charge is 0.411 e. The third-order valence-corrected chi connectivity index (χ3v) is 2.17. The van der Waals surface area contributed by atoms with Gasteiger partial charge in [-0.25, -0.2) is 0 Å². The largest absolute Gasteiger partial charge is 0.418 e. The predicted molar refractivity (Wildman–Crippen MR) is 61.5 cm³/mol. The van der Waals surface area contributed by atoms with E-state index in [9.17, 15) is 13.2 Å².